The molecule has 31 heavy (non-hydrogen) atoms. The van der Waals surface area contributed by atoms with E-state index in [2.05, 4.69) is 35.9 Å². The average Bonchev–Trinajstić information content (AvgIpc) is 3.39. The minimum absolute atomic E-state index is 0.224. The van der Waals surface area contributed by atoms with E-state index in [9.17, 15) is 4.79 Å². The third-order valence-electron chi connectivity index (χ3n) is 5.60. The molecule has 0 unspecified atom stereocenters. The molecule has 0 spiro atoms. The van der Waals surface area contributed by atoms with Crippen LogP contribution in [-0.4, -0.2) is 29.8 Å². The zero-order valence-electron chi connectivity index (χ0n) is 17.5. The molecule has 2 aromatic carbocycles. The fourth-order valence-corrected chi connectivity index (χ4v) is 4.39. The second-order valence-corrected chi connectivity index (χ2v) is 8.96. The zero-order chi connectivity index (χ0) is 22.0. The zero-order valence-corrected chi connectivity index (χ0v) is 19.9. The summed E-state index contributed by atoms with van der Waals surface area (Å²) in [5.41, 5.74) is 8.37. The van der Waals surface area contributed by atoms with E-state index in [0.717, 1.165) is 45.9 Å². The van der Waals surface area contributed by atoms with E-state index >= 15 is 0 Å². The number of carbonyl (C=O) groups excluding carboxylic acids is 1. The number of aryl methyl sites for hydroxylation is 1. The molecule has 1 aliphatic heterocycles. The number of halogens is 2. The van der Waals surface area contributed by atoms with Crippen molar-refractivity contribution in [2.24, 2.45) is 5.10 Å². The Hall–Kier alpha value is -2.57. The summed E-state index contributed by atoms with van der Waals surface area (Å²) in [6.07, 6.45) is 4.13. The highest BCUT2D eigenvalue weighted by atomic mass is 79.9. The van der Waals surface area contributed by atoms with Crippen molar-refractivity contribution in [1.82, 2.24) is 9.99 Å². The van der Waals surface area contributed by atoms with Crippen molar-refractivity contribution < 1.29 is 4.79 Å². The Morgan fingerprint density at radius 2 is 1.74 bits per heavy atom. The first-order valence-electron chi connectivity index (χ1n) is 10.3. The normalized spacial score (nSPS) is 13.9. The van der Waals surface area contributed by atoms with Crippen LogP contribution < -0.4 is 10.3 Å². The Morgan fingerprint density at radius 3 is 2.42 bits per heavy atom. The number of nitrogens with zero attached hydrogens (tertiary/aromatic N) is 3. The lowest BCUT2D eigenvalue weighted by Gasteiger charge is -2.17. The Kier molecular flexibility index (Phi) is 6.49. The number of anilines is 1. The second kappa shape index (κ2) is 9.28. The van der Waals surface area contributed by atoms with E-state index in [1.54, 1.807) is 6.21 Å². The number of hydrogen-bond donors (Lipinski definition) is 1. The maximum atomic E-state index is 12.5. The molecular formula is C24H24BrClN4O. The summed E-state index contributed by atoms with van der Waals surface area (Å²) in [5, 5.41) is 4.83. The molecule has 7 heteroatoms. The Bertz CT molecular complexity index is 1130. The van der Waals surface area contributed by atoms with Crippen molar-refractivity contribution in [3.05, 3.63) is 80.5 Å². The van der Waals surface area contributed by atoms with E-state index in [-0.39, 0.29) is 5.91 Å². The summed E-state index contributed by atoms with van der Waals surface area (Å²) >= 11 is 9.69. The smallest absolute Gasteiger partial charge is 0.271 e. The number of benzene rings is 2. The molecule has 0 atom stereocenters. The third kappa shape index (κ3) is 4.70. The predicted molar refractivity (Wildman–Crippen MR) is 131 cm³/mol. The van der Waals surface area contributed by atoms with E-state index in [4.69, 9.17) is 11.6 Å². The van der Waals surface area contributed by atoms with Crippen LogP contribution in [-0.2, 0) is 0 Å². The van der Waals surface area contributed by atoms with Crippen LogP contribution in [0.1, 0.15) is 40.2 Å². The maximum absolute atomic E-state index is 12.5. The quantitative estimate of drug-likeness (QED) is 0.352. The van der Waals surface area contributed by atoms with Crippen LogP contribution >= 0.6 is 27.5 Å². The van der Waals surface area contributed by atoms with Gasteiger partial charge in [-0.3, -0.25) is 4.79 Å². The van der Waals surface area contributed by atoms with Gasteiger partial charge in [-0.1, -0.05) is 11.6 Å². The molecule has 1 saturated heterocycles. The predicted octanol–water partition coefficient (Wildman–Crippen LogP) is 5.87. The minimum atomic E-state index is -0.224. The van der Waals surface area contributed by atoms with Gasteiger partial charge in [0.15, 0.2) is 0 Å². The first kappa shape index (κ1) is 21.7. The summed E-state index contributed by atoms with van der Waals surface area (Å²) in [4.78, 5) is 14.8. The number of amides is 1. The van der Waals surface area contributed by atoms with Crippen LogP contribution in [0.5, 0.6) is 0 Å². The third-order valence-corrected chi connectivity index (χ3v) is 6.83. The van der Waals surface area contributed by atoms with Gasteiger partial charge in [0.05, 0.1) is 11.2 Å². The molecule has 1 aromatic heterocycles. The second-order valence-electron chi connectivity index (χ2n) is 7.70. The molecule has 4 rings (SSSR count). The first-order chi connectivity index (χ1) is 14.9. The number of hydrazone groups is 1. The van der Waals surface area contributed by atoms with Crippen molar-refractivity contribution in [3.63, 3.8) is 0 Å². The lowest BCUT2D eigenvalue weighted by atomic mass is 10.2. The molecule has 3 aromatic rings. The molecule has 2 heterocycles. The standard InChI is InChI=1S/C24H24BrClN4O/c1-16-13-19(17(2)30(16)21-9-10-22(25)23(26)14-21)15-27-28-24(31)18-5-7-20(8-6-18)29-11-3-4-12-29/h5-10,13-15H,3-4,11-12H2,1-2H3,(H,28,31)/b27-15-. The number of hydrogen-bond acceptors (Lipinski definition) is 3. The van der Waals surface area contributed by atoms with E-state index in [1.165, 1.54) is 12.8 Å². The SMILES string of the molecule is Cc1cc(/C=N\NC(=O)c2ccc(N3CCCC3)cc2)c(C)n1-c1ccc(Br)c(Cl)c1. The Labute approximate surface area is 195 Å². The van der Waals surface area contributed by atoms with Crippen molar-refractivity contribution in [1.29, 1.82) is 0 Å². The molecule has 0 aliphatic carbocycles. The number of rotatable bonds is 5. The van der Waals surface area contributed by atoms with Gasteiger partial charge in [-0.25, -0.2) is 5.43 Å². The highest BCUT2D eigenvalue weighted by Gasteiger charge is 2.13. The maximum Gasteiger partial charge on any atom is 0.271 e. The highest BCUT2D eigenvalue weighted by Crippen LogP contribution is 2.27. The van der Waals surface area contributed by atoms with Gasteiger partial charge >= 0.3 is 0 Å². The van der Waals surface area contributed by atoms with Gasteiger partial charge in [0.1, 0.15) is 0 Å². The van der Waals surface area contributed by atoms with Gasteiger partial charge in [-0.2, -0.15) is 5.10 Å². The molecular weight excluding hydrogens is 476 g/mol. The van der Waals surface area contributed by atoms with Gasteiger partial charge in [0.25, 0.3) is 5.91 Å². The summed E-state index contributed by atoms with van der Waals surface area (Å²) in [5.74, 6) is -0.224. The molecule has 0 saturated carbocycles. The molecule has 1 aliphatic rings. The van der Waals surface area contributed by atoms with Crippen LogP contribution in [0.4, 0.5) is 5.69 Å². The fraction of sp³-hybridized carbons (Fsp3) is 0.250. The van der Waals surface area contributed by atoms with Crippen molar-refractivity contribution in [2.75, 3.05) is 18.0 Å². The molecule has 1 fully saturated rings. The highest BCUT2D eigenvalue weighted by molar-refractivity contribution is 9.10. The van der Waals surface area contributed by atoms with E-state index in [1.807, 2.05) is 62.4 Å². The van der Waals surface area contributed by atoms with E-state index < -0.39 is 0 Å². The number of aromatic nitrogens is 1. The minimum Gasteiger partial charge on any atom is -0.372 e. The summed E-state index contributed by atoms with van der Waals surface area (Å²) in [7, 11) is 0. The molecule has 160 valence electrons. The van der Waals surface area contributed by atoms with Gasteiger partial charge in [-0.15, -0.1) is 0 Å². The van der Waals surface area contributed by atoms with Gasteiger partial charge in [0, 0.05) is 51.5 Å². The Balaban J connectivity index is 1.45. The fourth-order valence-electron chi connectivity index (χ4n) is 3.96. The average molecular weight is 500 g/mol. The molecule has 0 radical (unpaired) electrons. The van der Waals surface area contributed by atoms with Crippen LogP contribution in [0.3, 0.4) is 0 Å². The van der Waals surface area contributed by atoms with Gasteiger partial charge in [0.2, 0.25) is 0 Å². The first-order valence-corrected chi connectivity index (χ1v) is 11.4. The summed E-state index contributed by atoms with van der Waals surface area (Å²) in [6, 6.07) is 15.6. The molecule has 0 bridgehead atoms. The van der Waals surface area contributed by atoms with Crippen LogP contribution in [0.2, 0.25) is 5.02 Å². The van der Waals surface area contributed by atoms with Crippen LogP contribution in [0, 0.1) is 13.8 Å². The molecule has 1 N–H and O–H groups in total. The summed E-state index contributed by atoms with van der Waals surface area (Å²) < 4.78 is 2.97. The topological polar surface area (TPSA) is 49.6 Å². The van der Waals surface area contributed by atoms with Crippen LogP contribution in [0.15, 0.2) is 58.1 Å². The van der Waals surface area contributed by atoms with Crippen LogP contribution in [0.25, 0.3) is 5.69 Å². The number of nitrogens with one attached hydrogen (secondary N) is 1. The Morgan fingerprint density at radius 1 is 1.06 bits per heavy atom. The monoisotopic (exact) mass is 498 g/mol. The van der Waals surface area contributed by atoms with Crippen molar-refractivity contribution in [3.8, 4) is 5.69 Å². The lowest BCUT2D eigenvalue weighted by Crippen LogP contribution is -2.19. The van der Waals surface area contributed by atoms with Gasteiger partial charge < -0.3 is 9.47 Å². The summed E-state index contributed by atoms with van der Waals surface area (Å²) in [6.45, 7) is 6.21. The number of carbonyl (C=O) groups is 1. The van der Waals surface area contributed by atoms with Crippen molar-refractivity contribution >= 4 is 45.3 Å². The van der Waals surface area contributed by atoms with Gasteiger partial charge in [-0.05, 0) is 91.1 Å². The lowest BCUT2D eigenvalue weighted by molar-refractivity contribution is 0.0955. The molecule has 1 amide bonds. The largest absolute Gasteiger partial charge is 0.372 e. The molecule has 5 nitrogen and oxygen atoms in total. The van der Waals surface area contributed by atoms with Crippen molar-refractivity contribution in [2.45, 2.75) is 26.7 Å². The van der Waals surface area contributed by atoms with E-state index in [0.29, 0.717) is 10.6 Å².